The van der Waals surface area contributed by atoms with Crippen LogP contribution in [0.2, 0.25) is 0 Å². The Morgan fingerprint density at radius 2 is 1.93 bits per heavy atom. The van der Waals surface area contributed by atoms with Crippen molar-refractivity contribution >= 4 is 22.8 Å². The number of alkyl halides is 3. The molecule has 0 bridgehead atoms. The van der Waals surface area contributed by atoms with E-state index >= 15 is 0 Å². The number of nitrogens with two attached hydrogens (primary N) is 1. The number of fused-ring (bicyclic) bond motifs is 1. The first-order valence-electron chi connectivity index (χ1n) is 8.12. The van der Waals surface area contributed by atoms with Crippen molar-refractivity contribution < 1.29 is 27.5 Å². The maximum Gasteiger partial charge on any atom is 0.573 e. The SMILES string of the molecule is C=CC(=O)NCc1nn(-c2ccc(OC(F)(F)F)cc2)c2nccc(C(N)=O)c12. The molecule has 11 heteroatoms. The number of benzene rings is 1. The second-order valence-corrected chi connectivity index (χ2v) is 5.74. The zero-order valence-electron chi connectivity index (χ0n) is 14.7. The largest absolute Gasteiger partial charge is 0.573 e. The highest BCUT2D eigenvalue weighted by molar-refractivity contribution is 6.06. The number of carbonyl (C=O) groups is 2. The van der Waals surface area contributed by atoms with Crippen LogP contribution in [0.4, 0.5) is 13.2 Å². The minimum absolute atomic E-state index is 0.0460. The third kappa shape index (κ3) is 4.34. The highest BCUT2D eigenvalue weighted by Crippen LogP contribution is 2.27. The molecule has 29 heavy (non-hydrogen) atoms. The van der Waals surface area contributed by atoms with Crippen LogP contribution in [-0.2, 0) is 11.3 Å². The fourth-order valence-corrected chi connectivity index (χ4v) is 2.66. The van der Waals surface area contributed by atoms with Crippen LogP contribution in [0.5, 0.6) is 5.75 Å². The molecule has 0 radical (unpaired) electrons. The third-order valence-electron chi connectivity index (χ3n) is 3.84. The lowest BCUT2D eigenvalue weighted by molar-refractivity contribution is -0.274. The Balaban J connectivity index is 2.08. The molecule has 0 atom stereocenters. The summed E-state index contributed by atoms with van der Waals surface area (Å²) < 4.78 is 42.2. The van der Waals surface area contributed by atoms with Crippen LogP contribution < -0.4 is 15.8 Å². The van der Waals surface area contributed by atoms with Gasteiger partial charge in [0, 0.05) is 6.20 Å². The van der Waals surface area contributed by atoms with Gasteiger partial charge in [0.2, 0.25) is 11.8 Å². The number of carbonyl (C=O) groups excluding carboxylic acids is 2. The van der Waals surface area contributed by atoms with Crippen LogP contribution in [0, 0.1) is 0 Å². The van der Waals surface area contributed by atoms with Gasteiger partial charge in [-0.25, -0.2) is 9.67 Å². The number of rotatable bonds is 6. The molecule has 3 aromatic rings. The summed E-state index contributed by atoms with van der Waals surface area (Å²) in [7, 11) is 0. The highest BCUT2D eigenvalue weighted by Gasteiger charge is 2.31. The number of hydrogen-bond acceptors (Lipinski definition) is 5. The molecule has 2 aromatic heterocycles. The summed E-state index contributed by atoms with van der Waals surface area (Å²) >= 11 is 0. The first-order chi connectivity index (χ1) is 13.7. The second kappa shape index (κ2) is 7.62. The number of nitrogens with one attached hydrogen (secondary N) is 1. The van der Waals surface area contributed by atoms with Crippen molar-refractivity contribution in [1.29, 1.82) is 0 Å². The van der Waals surface area contributed by atoms with E-state index in [9.17, 15) is 22.8 Å². The van der Waals surface area contributed by atoms with E-state index in [1.165, 1.54) is 29.1 Å². The van der Waals surface area contributed by atoms with Crippen LogP contribution in [-0.4, -0.2) is 32.9 Å². The Morgan fingerprint density at radius 3 is 2.52 bits per heavy atom. The Labute approximate surface area is 161 Å². The number of amides is 2. The average molecular weight is 405 g/mol. The van der Waals surface area contributed by atoms with Crippen molar-refractivity contribution in [2.24, 2.45) is 5.73 Å². The van der Waals surface area contributed by atoms with Gasteiger partial charge in [-0.05, 0) is 36.4 Å². The van der Waals surface area contributed by atoms with Crippen LogP contribution in [0.25, 0.3) is 16.7 Å². The van der Waals surface area contributed by atoms with E-state index in [1.54, 1.807) is 0 Å². The fourth-order valence-electron chi connectivity index (χ4n) is 2.66. The van der Waals surface area contributed by atoms with Gasteiger partial charge in [-0.15, -0.1) is 13.2 Å². The number of hydrogen-bond donors (Lipinski definition) is 2. The molecule has 3 rings (SSSR count). The van der Waals surface area contributed by atoms with Crippen molar-refractivity contribution in [3.8, 4) is 11.4 Å². The number of aromatic nitrogens is 3. The standard InChI is InChI=1S/C18H14F3N5O3/c1-2-14(27)24-9-13-15-12(16(22)28)7-8-23-17(15)26(25-13)10-3-5-11(6-4-10)29-18(19,20)21/h2-8H,1,9H2,(H2,22,28)(H,24,27). The summed E-state index contributed by atoms with van der Waals surface area (Å²) in [6.45, 7) is 3.31. The Hall–Kier alpha value is -3.89. The maximum atomic E-state index is 12.3. The Morgan fingerprint density at radius 1 is 1.24 bits per heavy atom. The number of primary amides is 1. The van der Waals surface area contributed by atoms with E-state index in [0.717, 1.165) is 18.2 Å². The minimum atomic E-state index is -4.81. The van der Waals surface area contributed by atoms with Crippen LogP contribution in [0.1, 0.15) is 16.1 Å². The lowest BCUT2D eigenvalue weighted by Crippen LogP contribution is -2.21. The average Bonchev–Trinajstić information content (AvgIpc) is 3.04. The zero-order valence-corrected chi connectivity index (χ0v) is 14.7. The normalized spacial score (nSPS) is 11.3. The number of pyridine rings is 1. The van der Waals surface area contributed by atoms with Crippen molar-refractivity contribution in [3.63, 3.8) is 0 Å². The fraction of sp³-hybridized carbons (Fsp3) is 0.111. The van der Waals surface area contributed by atoms with Gasteiger partial charge < -0.3 is 15.8 Å². The Kier molecular flexibility index (Phi) is 5.22. The predicted molar refractivity (Wildman–Crippen MR) is 96.1 cm³/mol. The molecule has 3 N–H and O–H groups in total. The van der Waals surface area contributed by atoms with E-state index in [2.05, 4.69) is 26.7 Å². The smallest absolute Gasteiger partial charge is 0.406 e. The zero-order chi connectivity index (χ0) is 21.2. The molecule has 0 spiro atoms. The molecule has 0 unspecified atom stereocenters. The second-order valence-electron chi connectivity index (χ2n) is 5.74. The van der Waals surface area contributed by atoms with Gasteiger partial charge in [-0.3, -0.25) is 9.59 Å². The van der Waals surface area contributed by atoms with E-state index in [1.807, 2.05) is 0 Å². The molecule has 0 saturated carbocycles. The van der Waals surface area contributed by atoms with E-state index in [-0.39, 0.29) is 17.8 Å². The van der Waals surface area contributed by atoms with Crippen molar-refractivity contribution in [2.75, 3.05) is 0 Å². The summed E-state index contributed by atoms with van der Waals surface area (Å²) in [5.74, 6) is -1.57. The summed E-state index contributed by atoms with van der Waals surface area (Å²) in [4.78, 5) is 27.5. The van der Waals surface area contributed by atoms with Gasteiger partial charge >= 0.3 is 6.36 Å². The van der Waals surface area contributed by atoms with Crippen molar-refractivity contribution in [2.45, 2.75) is 12.9 Å². The molecule has 0 aliphatic carbocycles. The molecule has 0 saturated heterocycles. The number of nitrogens with zero attached hydrogens (tertiary/aromatic N) is 3. The highest BCUT2D eigenvalue weighted by atomic mass is 19.4. The molecule has 8 nitrogen and oxygen atoms in total. The molecule has 1 aromatic carbocycles. The van der Waals surface area contributed by atoms with Crippen LogP contribution in [0.15, 0.2) is 49.2 Å². The lowest BCUT2D eigenvalue weighted by atomic mass is 10.1. The van der Waals surface area contributed by atoms with Crippen molar-refractivity contribution in [3.05, 3.63) is 60.4 Å². The number of halogens is 3. The molecule has 150 valence electrons. The third-order valence-corrected chi connectivity index (χ3v) is 3.84. The van der Waals surface area contributed by atoms with Gasteiger partial charge in [-0.2, -0.15) is 5.10 Å². The van der Waals surface area contributed by atoms with Crippen LogP contribution >= 0.6 is 0 Å². The Bertz CT molecular complexity index is 1090. The van der Waals surface area contributed by atoms with Crippen molar-refractivity contribution in [1.82, 2.24) is 20.1 Å². The summed E-state index contributed by atoms with van der Waals surface area (Å²) in [6.07, 6.45) is -2.38. The quantitative estimate of drug-likeness (QED) is 0.611. The van der Waals surface area contributed by atoms with E-state index in [4.69, 9.17) is 5.73 Å². The summed E-state index contributed by atoms with van der Waals surface area (Å²) in [5.41, 5.74) is 6.47. The molecule has 0 aliphatic rings. The molecular formula is C18H14F3N5O3. The summed E-state index contributed by atoms with van der Waals surface area (Å²) in [5, 5.41) is 7.22. The maximum absolute atomic E-state index is 12.3. The first kappa shape index (κ1) is 19.9. The predicted octanol–water partition coefficient (Wildman–Crippen LogP) is 2.22. The summed E-state index contributed by atoms with van der Waals surface area (Å²) in [6, 6.07) is 6.34. The minimum Gasteiger partial charge on any atom is -0.406 e. The lowest BCUT2D eigenvalue weighted by Gasteiger charge is -2.09. The van der Waals surface area contributed by atoms with E-state index in [0.29, 0.717) is 16.8 Å². The van der Waals surface area contributed by atoms with Crippen LogP contribution in [0.3, 0.4) is 0 Å². The van der Waals surface area contributed by atoms with Gasteiger partial charge in [0.05, 0.1) is 28.9 Å². The van der Waals surface area contributed by atoms with Gasteiger partial charge in [0.1, 0.15) is 5.75 Å². The molecule has 0 fully saturated rings. The first-order valence-corrected chi connectivity index (χ1v) is 8.12. The molecule has 2 amide bonds. The monoisotopic (exact) mass is 405 g/mol. The molecule has 2 heterocycles. The van der Waals surface area contributed by atoms with Gasteiger partial charge in [-0.1, -0.05) is 6.58 Å². The molecular weight excluding hydrogens is 391 g/mol. The molecule has 0 aliphatic heterocycles. The number of ether oxygens (including phenoxy) is 1. The topological polar surface area (TPSA) is 112 Å². The van der Waals surface area contributed by atoms with Gasteiger partial charge in [0.15, 0.2) is 5.65 Å². The van der Waals surface area contributed by atoms with E-state index < -0.39 is 23.9 Å². The van der Waals surface area contributed by atoms with Gasteiger partial charge in [0.25, 0.3) is 0 Å².